The molecule has 0 aromatic heterocycles. The summed E-state index contributed by atoms with van der Waals surface area (Å²) in [6, 6.07) is 6.67. The number of halogens is 1. The van der Waals surface area contributed by atoms with E-state index in [0.29, 0.717) is 5.75 Å². The fourth-order valence-electron chi connectivity index (χ4n) is 1.98. The van der Waals surface area contributed by atoms with Crippen molar-refractivity contribution in [3.8, 4) is 11.8 Å². The Hall–Kier alpha value is -1.56. The van der Waals surface area contributed by atoms with Crippen LogP contribution in [0.4, 0.5) is 4.39 Å². The lowest BCUT2D eigenvalue weighted by molar-refractivity contribution is 0.403. The quantitative estimate of drug-likeness (QED) is 0.743. The van der Waals surface area contributed by atoms with E-state index in [9.17, 15) is 4.39 Å². The van der Waals surface area contributed by atoms with Gasteiger partial charge in [0, 0.05) is 11.0 Å². The van der Waals surface area contributed by atoms with E-state index in [2.05, 4.69) is 6.07 Å². The molecule has 1 aromatic rings. The number of nitriles is 1. The zero-order valence-corrected chi connectivity index (χ0v) is 8.75. The van der Waals surface area contributed by atoms with Gasteiger partial charge in [0.1, 0.15) is 11.6 Å². The normalized spacial score (nSPS) is 28.3. The summed E-state index contributed by atoms with van der Waals surface area (Å²) in [6.45, 7) is 1.97. The van der Waals surface area contributed by atoms with Crippen LogP contribution < -0.4 is 4.74 Å². The van der Waals surface area contributed by atoms with Gasteiger partial charge in [0.2, 0.25) is 0 Å². The fraction of sp³-hybridized carbons (Fsp3) is 0.417. The van der Waals surface area contributed by atoms with E-state index in [1.54, 1.807) is 13.2 Å². The van der Waals surface area contributed by atoms with Gasteiger partial charge in [0.25, 0.3) is 0 Å². The molecule has 2 atom stereocenters. The van der Waals surface area contributed by atoms with Gasteiger partial charge in [-0.25, -0.2) is 4.39 Å². The van der Waals surface area contributed by atoms with Crippen LogP contribution in [0.5, 0.6) is 5.75 Å². The Kier molecular flexibility index (Phi) is 2.15. The molecule has 1 fully saturated rings. The van der Waals surface area contributed by atoms with E-state index >= 15 is 0 Å². The summed E-state index contributed by atoms with van der Waals surface area (Å²) >= 11 is 0. The van der Waals surface area contributed by atoms with Crippen LogP contribution in [0, 0.1) is 23.1 Å². The van der Waals surface area contributed by atoms with Crippen LogP contribution in [0.2, 0.25) is 0 Å². The topological polar surface area (TPSA) is 33.0 Å². The molecule has 1 aliphatic rings. The summed E-state index contributed by atoms with van der Waals surface area (Å²) in [5, 5.41) is 8.85. The van der Waals surface area contributed by atoms with Crippen molar-refractivity contribution in [1.29, 1.82) is 5.26 Å². The number of methoxy groups -OCH3 is 1. The summed E-state index contributed by atoms with van der Waals surface area (Å²) in [4.78, 5) is 0. The molecule has 0 bridgehead atoms. The molecule has 0 spiro atoms. The number of rotatable bonds is 2. The number of ether oxygens (including phenoxy) is 1. The molecule has 0 heterocycles. The van der Waals surface area contributed by atoms with Gasteiger partial charge >= 0.3 is 0 Å². The Bertz CT molecular complexity index is 438. The predicted octanol–water partition coefficient (Wildman–Crippen LogP) is 2.64. The average Bonchev–Trinajstić information content (AvgIpc) is 2.91. The van der Waals surface area contributed by atoms with Gasteiger partial charge in [-0.05, 0) is 24.6 Å². The summed E-state index contributed by atoms with van der Waals surface area (Å²) in [6.07, 6.45) is 0.781. The van der Waals surface area contributed by atoms with Crippen molar-refractivity contribution in [3.63, 3.8) is 0 Å². The number of nitrogens with zero attached hydrogens (tertiary/aromatic N) is 1. The van der Waals surface area contributed by atoms with Gasteiger partial charge in [-0.1, -0.05) is 6.92 Å². The van der Waals surface area contributed by atoms with Gasteiger partial charge < -0.3 is 4.74 Å². The molecule has 0 N–H and O–H groups in total. The van der Waals surface area contributed by atoms with E-state index in [-0.39, 0.29) is 17.2 Å². The van der Waals surface area contributed by atoms with Crippen molar-refractivity contribution < 1.29 is 9.13 Å². The highest BCUT2D eigenvalue weighted by atomic mass is 19.1. The lowest BCUT2D eigenvalue weighted by Crippen LogP contribution is -2.06. The van der Waals surface area contributed by atoms with E-state index in [0.717, 1.165) is 12.0 Å². The maximum absolute atomic E-state index is 13.1. The largest absolute Gasteiger partial charge is 0.496 e. The third kappa shape index (κ3) is 1.46. The van der Waals surface area contributed by atoms with Gasteiger partial charge in [-0.3, -0.25) is 0 Å². The predicted molar refractivity (Wildman–Crippen MR) is 54.0 cm³/mol. The van der Waals surface area contributed by atoms with E-state index in [1.165, 1.54) is 12.1 Å². The van der Waals surface area contributed by atoms with Crippen LogP contribution in [0.3, 0.4) is 0 Å². The highest BCUT2D eigenvalue weighted by Crippen LogP contribution is 2.55. The van der Waals surface area contributed by atoms with Crippen molar-refractivity contribution in [2.24, 2.45) is 5.92 Å². The number of hydrogen-bond donors (Lipinski definition) is 0. The highest BCUT2D eigenvalue weighted by molar-refractivity contribution is 5.46. The first-order valence-electron chi connectivity index (χ1n) is 4.85. The second kappa shape index (κ2) is 3.23. The van der Waals surface area contributed by atoms with Crippen LogP contribution in [-0.2, 0) is 5.41 Å². The van der Waals surface area contributed by atoms with Crippen molar-refractivity contribution in [1.82, 2.24) is 0 Å². The average molecular weight is 205 g/mol. The molecule has 1 aliphatic carbocycles. The van der Waals surface area contributed by atoms with Gasteiger partial charge in [-0.15, -0.1) is 0 Å². The lowest BCUT2D eigenvalue weighted by atomic mass is 9.94. The first-order chi connectivity index (χ1) is 7.11. The Balaban J connectivity index is 2.45. The van der Waals surface area contributed by atoms with Gasteiger partial charge in [0.15, 0.2) is 0 Å². The minimum absolute atomic E-state index is 0.0202. The molecule has 78 valence electrons. The smallest absolute Gasteiger partial charge is 0.123 e. The number of benzene rings is 1. The molecule has 3 heteroatoms. The second-order valence-corrected chi connectivity index (χ2v) is 4.15. The first kappa shape index (κ1) is 9.97. The van der Waals surface area contributed by atoms with Gasteiger partial charge in [0.05, 0.1) is 19.1 Å². The Labute approximate surface area is 88.3 Å². The highest BCUT2D eigenvalue weighted by Gasteiger charge is 2.53. The molecule has 1 aromatic carbocycles. The van der Waals surface area contributed by atoms with E-state index in [1.807, 2.05) is 6.92 Å². The summed E-state index contributed by atoms with van der Waals surface area (Å²) in [5.41, 5.74) is 0.568. The molecule has 2 nitrogen and oxygen atoms in total. The third-order valence-corrected chi connectivity index (χ3v) is 3.17. The number of hydrogen-bond acceptors (Lipinski definition) is 2. The van der Waals surface area contributed by atoms with Crippen LogP contribution in [0.25, 0.3) is 0 Å². The SMILES string of the molecule is COc1ccc(F)cc1C1(C)CC1C#N. The van der Waals surface area contributed by atoms with Crippen LogP contribution in [-0.4, -0.2) is 7.11 Å². The second-order valence-electron chi connectivity index (χ2n) is 4.15. The van der Waals surface area contributed by atoms with Crippen molar-refractivity contribution in [2.45, 2.75) is 18.8 Å². The maximum atomic E-state index is 13.1. The molecule has 0 saturated heterocycles. The summed E-state index contributed by atoms with van der Waals surface area (Å²) in [5.74, 6) is 0.362. The first-order valence-corrected chi connectivity index (χ1v) is 4.85. The molecule has 2 unspecified atom stereocenters. The molecule has 1 saturated carbocycles. The molecule has 2 rings (SSSR count). The lowest BCUT2D eigenvalue weighted by Gasteiger charge is -2.14. The van der Waals surface area contributed by atoms with Crippen molar-refractivity contribution in [3.05, 3.63) is 29.6 Å². The Morgan fingerprint density at radius 2 is 2.33 bits per heavy atom. The zero-order valence-electron chi connectivity index (χ0n) is 8.75. The summed E-state index contributed by atoms with van der Waals surface area (Å²) in [7, 11) is 1.56. The van der Waals surface area contributed by atoms with E-state index < -0.39 is 0 Å². The molecule has 0 amide bonds. The minimum atomic E-state index is -0.282. The van der Waals surface area contributed by atoms with Crippen LogP contribution in [0.1, 0.15) is 18.9 Å². The van der Waals surface area contributed by atoms with E-state index in [4.69, 9.17) is 10.00 Å². The molecular weight excluding hydrogens is 193 g/mol. The fourth-order valence-corrected chi connectivity index (χ4v) is 1.98. The third-order valence-electron chi connectivity index (χ3n) is 3.17. The Morgan fingerprint density at radius 3 is 2.87 bits per heavy atom. The van der Waals surface area contributed by atoms with Gasteiger partial charge in [-0.2, -0.15) is 5.26 Å². The van der Waals surface area contributed by atoms with Crippen molar-refractivity contribution >= 4 is 0 Å². The van der Waals surface area contributed by atoms with Crippen LogP contribution >= 0.6 is 0 Å². The molecule has 0 aliphatic heterocycles. The minimum Gasteiger partial charge on any atom is -0.496 e. The van der Waals surface area contributed by atoms with Crippen LogP contribution in [0.15, 0.2) is 18.2 Å². The monoisotopic (exact) mass is 205 g/mol. The Morgan fingerprint density at radius 1 is 1.60 bits per heavy atom. The molecule has 15 heavy (non-hydrogen) atoms. The summed E-state index contributed by atoms with van der Waals surface area (Å²) < 4.78 is 18.3. The molecule has 0 radical (unpaired) electrons. The molecular formula is C12H12FNO. The standard InChI is InChI=1S/C12H12FNO/c1-12(6-8(12)7-14)10-5-9(13)3-4-11(10)15-2/h3-5,8H,6H2,1-2H3. The zero-order chi connectivity index (χ0) is 11.1. The maximum Gasteiger partial charge on any atom is 0.123 e. The van der Waals surface area contributed by atoms with Crippen molar-refractivity contribution in [2.75, 3.05) is 7.11 Å².